The predicted octanol–water partition coefficient (Wildman–Crippen LogP) is 3.38. The molecular weight excluding hydrogens is 512 g/mol. The number of ether oxygens (including phenoxy) is 3. The molecule has 11 heteroatoms. The van der Waals surface area contributed by atoms with E-state index in [1.54, 1.807) is 24.3 Å². The van der Waals surface area contributed by atoms with Crippen LogP contribution in [0.3, 0.4) is 0 Å². The van der Waals surface area contributed by atoms with Gasteiger partial charge in [-0.1, -0.05) is 18.2 Å². The van der Waals surface area contributed by atoms with Crippen LogP contribution < -0.4 is 19.7 Å². The first-order valence-corrected chi connectivity index (χ1v) is 13.1. The van der Waals surface area contributed by atoms with Crippen LogP contribution in [-0.4, -0.2) is 54.1 Å². The second kappa shape index (κ2) is 10.9. The Labute approximate surface area is 220 Å². The molecule has 3 aromatic rings. The smallest absolute Gasteiger partial charge is 0.337 e. The van der Waals surface area contributed by atoms with E-state index in [0.29, 0.717) is 28.3 Å². The highest BCUT2D eigenvalue weighted by Crippen LogP contribution is 2.42. The van der Waals surface area contributed by atoms with Gasteiger partial charge >= 0.3 is 5.97 Å². The largest absolute Gasteiger partial charge is 0.493 e. The summed E-state index contributed by atoms with van der Waals surface area (Å²) in [5, 5.41) is 1.47. The SMILES string of the molecule is COC(=O)c1ccc(NC(=O)CN2C(=O)CC(c3ccc(OC)c(OC)c3)S(=O)(=O)c3ccccc32)cc1. The summed E-state index contributed by atoms with van der Waals surface area (Å²) in [5.41, 5.74) is 1.20. The number of hydrogen-bond donors (Lipinski definition) is 1. The normalized spacial score (nSPS) is 16.1. The van der Waals surface area contributed by atoms with Gasteiger partial charge in [0.05, 0.1) is 42.7 Å². The van der Waals surface area contributed by atoms with Crippen LogP contribution in [0.15, 0.2) is 71.6 Å². The summed E-state index contributed by atoms with van der Waals surface area (Å²) in [6.07, 6.45) is -0.381. The van der Waals surface area contributed by atoms with Gasteiger partial charge in [-0.3, -0.25) is 9.59 Å². The van der Waals surface area contributed by atoms with Crippen molar-refractivity contribution in [1.29, 1.82) is 0 Å². The fourth-order valence-corrected chi connectivity index (χ4v) is 6.17. The van der Waals surface area contributed by atoms with Gasteiger partial charge in [0.1, 0.15) is 6.54 Å². The third-order valence-electron chi connectivity index (χ3n) is 6.17. The first-order chi connectivity index (χ1) is 18.2. The molecular formula is C27H26N2O8S. The highest BCUT2D eigenvalue weighted by atomic mass is 32.2. The second-order valence-electron chi connectivity index (χ2n) is 8.42. The number of sulfone groups is 1. The maximum Gasteiger partial charge on any atom is 0.337 e. The van der Waals surface area contributed by atoms with Gasteiger partial charge in [-0.05, 0) is 54.1 Å². The fraction of sp³-hybridized carbons (Fsp3) is 0.222. The van der Waals surface area contributed by atoms with Crippen molar-refractivity contribution in [2.45, 2.75) is 16.6 Å². The van der Waals surface area contributed by atoms with E-state index in [1.807, 2.05) is 0 Å². The summed E-state index contributed by atoms with van der Waals surface area (Å²) in [6, 6.07) is 16.8. The lowest BCUT2D eigenvalue weighted by Gasteiger charge is -2.22. The lowest BCUT2D eigenvalue weighted by atomic mass is 10.1. The van der Waals surface area contributed by atoms with Crippen LogP contribution in [0.4, 0.5) is 11.4 Å². The number of carbonyl (C=O) groups is 3. The number of nitrogens with zero attached hydrogens (tertiary/aromatic N) is 1. The minimum absolute atomic E-state index is 0.0548. The Morgan fingerprint density at radius 1 is 0.947 bits per heavy atom. The number of hydrogen-bond acceptors (Lipinski definition) is 8. The summed E-state index contributed by atoms with van der Waals surface area (Å²) < 4.78 is 42.8. The van der Waals surface area contributed by atoms with Gasteiger partial charge in [0, 0.05) is 12.1 Å². The Morgan fingerprint density at radius 3 is 2.29 bits per heavy atom. The van der Waals surface area contributed by atoms with Crippen molar-refractivity contribution in [3.8, 4) is 11.5 Å². The van der Waals surface area contributed by atoms with Gasteiger partial charge < -0.3 is 24.4 Å². The quantitative estimate of drug-likeness (QED) is 0.454. The standard InChI is InChI=1S/C27H26N2O8S/c1-35-21-13-10-18(14-22(21)36-2)24-15-26(31)29(20-6-4-5-7-23(20)38(24,33)34)16-25(30)28-19-11-8-17(9-12-19)27(32)37-3/h4-14,24H,15-16H2,1-3H3,(H,28,30). The molecule has 0 aliphatic carbocycles. The average Bonchev–Trinajstić information content (AvgIpc) is 3.01. The second-order valence-corrected chi connectivity index (χ2v) is 10.5. The van der Waals surface area contributed by atoms with Gasteiger partial charge in [0.25, 0.3) is 0 Å². The number of para-hydroxylation sites is 1. The monoisotopic (exact) mass is 538 g/mol. The lowest BCUT2D eigenvalue weighted by Crippen LogP contribution is -2.38. The van der Waals surface area contributed by atoms with Gasteiger partial charge in [0.15, 0.2) is 21.3 Å². The van der Waals surface area contributed by atoms with E-state index in [9.17, 15) is 22.8 Å². The number of rotatable bonds is 7. The van der Waals surface area contributed by atoms with Crippen LogP contribution in [0.2, 0.25) is 0 Å². The molecule has 0 fully saturated rings. The molecule has 0 saturated carbocycles. The Balaban J connectivity index is 1.64. The summed E-state index contributed by atoms with van der Waals surface area (Å²) in [4.78, 5) is 39.1. The van der Waals surface area contributed by atoms with Gasteiger partial charge in [-0.2, -0.15) is 0 Å². The van der Waals surface area contributed by atoms with E-state index in [2.05, 4.69) is 10.1 Å². The number of carbonyl (C=O) groups excluding carboxylic acids is 3. The molecule has 10 nitrogen and oxygen atoms in total. The molecule has 0 bridgehead atoms. The topological polar surface area (TPSA) is 128 Å². The molecule has 1 heterocycles. The first-order valence-electron chi connectivity index (χ1n) is 11.5. The van der Waals surface area contributed by atoms with Crippen molar-refractivity contribution in [1.82, 2.24) is 0 Å². The Hall–Kier alpha value is -4.38. The maximum atomic E-state index is 13.8. The molecule has 1 atom stereocenters. The fourth-order valence-electron chi connectivity index (χ4n) is 4.26. The van der Waals surface area contributed by atoms with Crippen LogP contribution in [0.25, 0.3) is 0 Å². The third-order valence-corrected chi connectivity index (χ3v) is 8.32. The van der Waals surface area contributed by atoms with Crippen LogP contribution >= 0.6 is 0 Å². The number of esters is 1. The molecule has 198 valence electrons. The van der Waals surface area contributed by atoms with Crippen molar-refractivity contribution in [2.75, 3.05) is 38.1 Å². The van der Waals surface area contributed by atoms with E-state index < -0.39 is 39.4 Å². The zero-order valence-corrected chi connectivity index (χ0v) is 21.8. The molecule has 3 aromatic carbocycles. The molecule has 4 rings (SSSR count). The van der Waals surface area contributed by atoms with Crippen molar-refractivity contribution in [2.24, 2.45) is 0 Å². The zero-order chi connectivity index (χ0) is 27.4. The highest BCUT2D eigenvalue weighted by Gasteiger charge is 2.40. The maximum absolute atomic E-state index is 13.8. The van der Waals surface area contributed by atoms with E-state index in [0.717, 1.165) is 0 Å². The summed E-state index contributed by atoms with van der Waals surface area (Å²) >= 11 is 0. The molecule has 2 amide bonds. The number of anilines is 2. The molecule has 0 spiro atoms. The number of nitrogens with one attached hydrogen (secondary N) is 1. The minimum Gasteiger partial charge on any atom is -0.493 e. The molecule has 0 radical (unpaired) electrons. The number of amides is 2. The van der Waals surface area contributed by atoms with Gasteiger partial charge in [0.2, 0.25) is 11.8 Å². The lowest BCUT2D eigenvalue weighted by molar-refractivity contribution is -0.121. The predicted molar refractivity (Wildman–Crippen MR) is 139 cm³/mol. The van der Waals surface area contributed by atoms with Crippen LogP contribution in [-0.2, 0) is 24.2 Å². The van der Waals surface area contributed by atoms with Crippen molar-refractivity contribution in [3.05, 3.63) is 77.9 Å². The van der Waals surface area contributed by atoms with Crippen molar-refractivity contribution >= 4 is 39.0 Å². The highest BCUT2D eigenvalue weighted by molar-refractivity contribution is 7.92. The van der Waals surface area contributed by atoms with E-state index >= 15 is 0 Å². The Morgan fingerprint density at radius 2 is 1.63 bits per heavy atom. The molecule has 0 aromatic heterocycles. The molecule has 38 heavy (non-hydrogen) atoms. The van der Waals surface area contributed by atoms with Crippen molar-refractivity contribution < 1.29 is 37.0 Å². The first kappa shape index (κ1) is 26.7. The van der Waals surface area contributed by atoms with Gasteiger partial charge in [-0.15, -0.1) is 0 Å². The number of methoxy groups -OCH3 is 3. The van der Waals surface area contributed by atoms with Crippen LogP contribution in [0.5, 0.6) is 11.5 Å². The van der Waals surface area contributed by atoms with E-state index in [4.69, 9.17) is 9.47 Å². The Bertz CT molecular complexity index is 1490. The molecule has 1 unspecified atom stereocenters. The van der Waals surface area contributed by atoms with Crippen molar-refractivity contribution in [3.63, 3.8) is 0 Å². The number of fused-ring (bicyclic) bond motifs is 1. The van der Waals surface area contributed by atoms with Crippen LogP contribution in [0.1, 0.15) is 27.6 Å². The average molecular weight is 539 g/mol. The summed E-state index contributed by atoms with van der Waals surface area (Å²) in [5.74, 6) is -0.832. The van der Waals surface area contributed by atoms with Crippen LogP contribution in [0, 0.1) is 0 Å². The van der Waals surface area contributed by atoms with E-state index in [-0.39, 0.29) is 17.0 Å². The molecule has 0 saturated heterocycles. The molecule has 1 N–H and O–H groups in total. The Kier molecular flexibility index (Phi) is 7.67. The van der Waals surface area contributed by atoms with E-state index in [1.165, 1.54) is 68.7 Å². The molecule has 1 aliphatic heterocycles. The minimum atomic E-state index is -4.03. The summed E-state index contributed by atoms with van der Waals surface area (Å²) in [6.45, 7) is -0.414. The van der Waals surface area contributed by atoms with Gasteiger partial charge in [-0.25, -0.2) is 13.2 Å². The molecule has 1 aliphatic rings. The third kappa shape index (κ3) is 5.18. The zero-order valence-electron chi connectivity index (χ0n) is 21.0. The summed E-state index contributed by atoms with van der Waals surface area (Å²) in [7, 11) is 0.146. The number of benzene rings is 3.